The van der Waals surface area contributed by atoms with Gasteiger partial charge in [-0.25, -0.2) is 0 Å². The Morgan fingerprint density at radius 3 is 2.15 bits per heavy atom. The second kappa shape index (κ2) is 4.17. The van der Waals surface area contributed by atoms with Crippen molar-refractivity contribution in [3.63, 3.8) is 0 Å². The summed E-state index contributed by atoms with van der Waals surface area (Å²) < 4.78 is 0. The van der Waals surface area contributed by atoms with E-state index in [1.807, 2.05) is 0 Å². The van der Waals surface area contributed by atoms with Gasteiger partial charge in [0.15, 0.2) is 6.21 Å². The normalized spacial score (nSPS) is 24.9. The van der Waals surface area contributed by atoms with E-state index < -0.39 is 0 Å². The van der Waals surface area contributed by atoms with Crippen LogP contribution in [0.1, 0.15) is 25.7 Å². The fourth-order valence-corrected chi connectivity index (χ4v) is 2.56. The molecule has 0 bridgehead atoms. The molecule has 0 aromatic heterocycles. The smallest absolute Gasteiger partial charge is 0.613 e. The summed E-state index contributed by atoms with van der Waals surface area (Å²) in [6, 6.07) is 0. The fraction of sp³-hybridized carbons (Fsp3) is 0.875. The van der Waals surface area contributed by atoms with Crippen molar-refractivity contribution in [1.82, 2.24) is 4.90 Å². The summed E-state index contributed by atoms with van der Waals surface area (Å²) >= 11 is 0. The molecule has 5 heteroatoms. The van der Waals surface area contributed by atoms with E-state index in [2.05, 4.69) is 4.90 Å². The first kappa shape index (κ1) is 11.3. The molecule has 2 saturated heterocycles. The van der Waals surface area contributed by atoms with Crippen molar-refractivity contribution >= 4 is 6.21 Å². The van der Waals surface area contributed by atoms with Gasteiger partial charge in [0.05, 0.1) is 0 Å². The average molecular weight is 192 g/mol. The summed E-state index contributed by atoms with van der Waals surface area (Å²) in [5.41, 5.74) is -0.163. The second-order valence-corrected chi connectivity index (χ2v) is 3.71. The SMILES string of the molecule is [Na+].[O-][N+]([O-])=CC12CCCN1CCC2. The Balaban J connectivity index is 0.000000845. The third-order valence-electron chi connectivity index (χ3n) is 3.05. The van der Waals surface area contributed by atoms with Gasteiger partial charge in [-0.2, -0.15) is 4.90 Å². The molecule has 0 saturated carbocycles. The third-order valence-corrected chi connectivity index (χ3v) is 3.05. The molecule has 4 nitrogen and oxygen atoms in total. The topological polar surface area (TPSA) is 52.4 Å². The van der Waals surface area contributed by atoms with E-state index in [9.17, 15) is 10.4 Å². The molecule has 0 unspecified atom stereocenters. The molecular weight excluding hydrogens is 179 g/mol. The maximum absolute atomic E-state index is 10.4. The number of hydrogen-bond acceptors (Lipinski definition) is 3. The summed E-state index contributed by atoms with van der Waals surface area (Å²) in [5.74, 6) is 0. The van der Waals surface area contributed by atoms with Crippen LogP contribution in [0, 0.1) is 10.4 Å². The molecule has 0 amide bonds. The molecule has 68 valence electrons. The molecule has 0 atom stereocenters. The van der Waals surface area contributed by atoms with Gasteiger partial charge in [0.2, 0.25) is 0 Å². The Morgan fingerprint density at radius 1 is 1.15 bits per heavy atom. The largest absolute Gasteiger partial charge is 1.00 e. The summed E-state index contributed by atoms with van der Waals surface area (Å²) in [6.07, 6.45) is 5.50. The van der Waals surface area contributed by atoms with Gasteiger partial charge >= 0.3 is 29.6 Å². The van der Waals surface area contributed by atoms with Crippen molar-refractivity contribution in [2.75, 3.05) is 13.1 Å². The minimum atomic E-state index is -0.274. The molecule has 2 aliphatic rings. The molecule has 2 rings (SSSR count). The van der Waals surface area contributed by atoms with E-state index in [1.165, 1.54) is 6.21 Å². The summed E-state index contributed by atoms with van der Waals surface area (Å²) in [4.78, 5) is 1.99. The first-order chi connectivity index (χ1) is 5.73. The fourth-order valence-electron chi connectivity index (χ4n) is 2.56. The van der Waals surface area contributed by atoms with Crippen LogP contribution in [0.5, 0.6) is 0 Å². The third kappa shape index (κ3) is 2.01. The van der Waals surface area contributed by atoms with Crippen LogP contribution in [0.3, 0.4) is 0 Å². The van der Waals surface area contributed by atoms with Gasteiger partial charge in [-0.05, 0) is 38.8 Å². The molecule has 2 fully saturated rings. The molecule has 2 heterocycles. The van der Waals surface area contributed by atoms with Gasteiger partial charge in [0, 0.05) is 0 Å². The minimum Gasteiger partial charge on any atom is -0.613 e. The maximum atomic E-state index is 10.4. The number of fused-ring (bicyclic) bond motifs is 1. The van der Waals surface area contributed by atoms with Crippen molar-refractivity contribution in [3.8, 4) is 0 Å². The van der Waals surface area contributed by atoms with Gasteiger partial charge in [-0.1, -0.05) is 0 Å². The van der Waals surface area contributed by atoms with Crippen molar-refractivity contribution in [2.24, 2.45) is 0 Å². The standard InChI is InChI=1S/C8H13N2O2.Na/c11-10(12)7-8-3-1-5-9(8)6-2-4-8;/h7H,1-6H2;/q-1;+1. The molecule has 2 aliphatic heterocycles. The average Bonchev–Trinajstić information content (AvgIpc) is 2.42. The van der Waals surface area contributed by atoms with E-state index in [1.54, 1.807) is 0 Å². The summed E-state index contributed by atoms with van der Waals surface area (Å²) in [6.45, 7) is 2.09. The quantitative estimate of drug-likeness (QED) is 0.203. The Bertz CT molecular complexity index is 206. The molecule has 0 spiro atoms. The number of nitrogens with zero attached hydrogens (tertiary/aromatic N) is 2. The molecular formula is C8H13N2NaO2. The molecule has 0 radical (unpaired) electrons. The van der Waals surface area contributed by atoms with Crippen LogP contribution in [0.15, 0.2) is 0 Å². The van der Waals surface area contributed by atoms with Gasteiger partial charge in [-0.3, -0.25) is 4.90 Å². The monoisotopic (exact) mass is 192 g/mol. The second-order valence-electron chi connectivity index (χ2n) is 3.71. The molecule has 13 heavy (non-hydrogen) atoms. The molecule has 0 aliphatic carbocycles. The minimum absolute atomic E-state index is 0. The van der Waals surface area contributed by atoms with Gasteiger partial charge < -0.3 is 10.4 Å². The summed E-state index contributed by atoms with van der Waals surface area (Å²) in [5, 5.41) is 20.8. The van der Waals surface area contributed by atoms with E-state index in [0.717, 1.165) is 38.8 Å². The van der Waals surface area contributed by atoms with Crippen molar-refractivity contribution in [2.45, 2.75) is 31.2 Å². The number of rotatable bonds is 1. The van der Waals surface area contributed by atoms with E-state index >= 15 is 0 Å². The van der Waals surface area contributed by atoms with Crippen LogP contribution in [0.2, 0.25) is 0 Å². The zero-order valence-corrected chi connectivity index (χ0v) is 10.0. The Hall–Kier alpha value is 0.230. The van der Waals surface area contributed by atoms with E-state index in [-0.39, 0.29) is 40.0 Å². The number of hydrogen-bond donors (Lipinski definition) is 0. The van der Waals surface area contributed by atoms with Crippen LogP contribution in [-0.4, -0.2) is 34.6 Å². The first-order valence-corrected chi connectivity index (χ1v) is 4.48. The predicted octanol–water partition coefficient (Wildman–Crippen LogP) is -2.30. The van der Waals surface area contributed by atoms with Gasteiger partial charge in [0.1, 0.15) is 5.54 Å². The van der Waals surface area contributed by atoms with Crippen LogP contribution in [0.4, 0.5) is 0 Å². The van der Waals surface area contributed by atoms with E-state index in [4.69, 9.17) is 0 Å². The van der Waals surface area contributed by atoms with Crippen molar-refractivity contribution in [1.29, 1.82) is 0 Å². The maximum Gasteiger partial charge on any atom is 1.00 e. The van der Waals surface area contributed by atoms with Gasteiger partial charge in [0.25, 0.3) is 0 Å². The Labute approximate surface area is 100 Å². The predicted molar refractivity (Wildman–Crippen MR) is 45.8 cm³/mol. The first-order valence-electron chi connectivity index (χ1n) is 4.48. The Kier molecular flexibility index (Phi) is 3.63. The van der Waals surface area contributed by atoms with E-state index in [0.29, 0.717) is 0 Å². The Morgan fingerprint density at radius 2 is 1.69 bits per heavy atom. The zero-order chi connectivity index (χ0) is 8.60. The van der Waals surface area contributed by atoms with Crippen LogP contribution in [0.25, 0.3) is 0 Å². The summed E-state index contributed by atoms with van der Waals surface area (Å²) in [7, 11) is 0. The van der Waals surface area contributed by atoms with Crippen LogP contribution in [-0.2, 0) is 0 Å². The molecule has 0 aromatic carbocycles. The zero-order valence-electron chi connectivity index (χ0n) is 8.03. The van der Waals surface area contributed by atoms with Crippen LogP contribution < -0.4 is 29.6 Å². The van der Waals surface area contributed by atoms with Crippen molar-refractivity contribution < 1.29 is 34.5 Å². The van der Waals surface area contributed by atoms with Gasteiger partial charge in [-0.15, -0.1) is 0 Å². The molecule has 0 aromatic rings. The van der Waals surface area contributed by atoms with Crippen LogP contribution >= 0.6 is 0 Å². The molecule has 0 N–H and O–H groups in total. The van der Waals surface area contributed by atoms with Crippen molar-refractivity contribution in [3.05, 3.63) is 10.4 Å².